The molecular formula is C23H23BrIN3O5. The minimum atomic E-state index is -0.796. The Morgan fingerprint density at radius 3 is 2.73 bits per heavy atom. The van der Waals surface area contributed by atoms with Crippen LogP contribution in [0.25, 0.3) is 10.9 Å². The molecule has 33 heavy (non-hydrogen) atoms. The lowest BCUT2D eigenvalue weighted by molar-refractivity contribution is -0.147. The van der Waals surface area contributed by atoms with E-state index in [1.165, 1.54) is 18.9 Å². The monoisotopic (exact) mass is 627 g/mol. The Labute approximate surface area is 213 Å². The molecule has 3 rings (SSSR count). The number of halogens is 2. The first-order valence-electron chi connectivity index (χ1n) is 10.2. The summed E-state index contributed by atoms with van der Waals surface area (Å²) in [6, 6.07) is 8.96. The first-order valence-corrected chi connectivity index (χ1v) is 12.0. The zero-order chi connectivity index (χ0) is 24.1. The number of aromatic nitrogens is 2. The summed E-state index contributed by atoms with van der Waals surface area (Å²) in [6.45, 7) is 3.62. The Kier molecular flexibility index (Phi) is 8.46. The maximum absolute atomic E-state index is 13.2. The number of hydrogen-bond donors (Lipinski definition) is 0. The average Bonchev–Trinajstić information content (AvgIpc) is 2.80. The molecule has 1 atom stereocenters. The molecule has 174 valence electrons. The molecule has 0 amide bonds. The maximum atomic E-state index is 13.2. The van der Waals surface area contributed by atoms with E-state index < -0.39 is 12.1 Å². The number of methoxy groups -OCH3 is 2. The van der Waals surface area contributed by atoms with E-state index in [2.05, 4.69) is 48.6 Å². The number of esters is 1. The lowest BCUT2D eigenvalue weighted by Crippen LogP contribution is -2.25. The Bertz CT molecular complexity index is 1280. The van der Waals surface area contributed by atoms with Gasteiger partial charge in [0.2, 0.25) is 0 Å². The van der Waals surface area contributed by atoms with Crippen molar-refractivity contribution in [3.63, 3.8) is 0 Å². The van der Waals surface area contributed by atoms with Crippen LogP contribution in [0.4, 0.5) is 0 Å². The molecule has 8 nitrogen and oxygen atoms in total. The number of hydrogen-bond acceptors (Lipinski definition) is 7. The molecule has 0 radical (unpaired) electrons. The van der Waals surface area contributed by atoms with Gasteiger partial charge in [-0.05, 0) is 71.8 Å². The number of benzene rings is 2. The van der Waals surface area contributed by atoms with Crippen LogP contribution in [0, 0.1) is 3.57 Å². The van der Waals surface area contributed by atoms with Gasteiger partial charge in [-0.25, -0.2) is 9.78 Å². The van der Waals surface area contributed by atoms with Gasteiger partial charge >= 0.3 is 5.97 Å². The van der Waals surface area contributed by atoms with Crippen LogP contribution in [0.15, 0.2) is 44.7 Å². The minimum Gasteiger partial charge on any atom is -0.493 e. The lowest BCUT2D eigenvalue weighted by atomic mass is 10.2. The Morgan fingerprint density at radius 1 is 1.30 bits per heavy atom. The van der Waals surface area contributed by atoms with E-state index in [1.807, 2.05) is 25.1 Å². The van der Waals surface area contributed by atoms with Crippen LogP contribution in [0.2, 0.25) is 0 Å². The quantitative estimate of drug-likeness (QED) is 0.207. The molecule has 0 bridgehead atoms. The molecule has 0 fully saturated rings. The summed E-state index contributed by atoms with van der Waals surface area (Å²) in [6.07, 6.45) is 2.21. The molecule has 2 aromatic carbocycles. The number of ether oxygens (including phenoxy) is 3. The number of rotatable bonds is 8. The predicted molar refractivity (Wildman–Crippen MR) is 139 cm³/mol. The van der Waals surface area contributed by atoms with Crippen LogP contribution in [0.1, 0.15) is 31.7 Å². The summed E-state index contributed by atoms with van der Waals surface area (Å²) >= 11 is 5.50. The van der Waals surface area contributed by atoms with E-state index in [-0.39, 0.29) is 5.56 Å². The molecule has 1 heterocycles. The van der Waals surface area contributed by atoms with Gasteiger partial charge in [0.25, 0.3) is 5.56 Å². The fourth-order valence-electron chi connectivity index (χ4n) is 3.14. The van der Waals surface area contributed by atoms with Gasteiger partial charge in [-0.1, -0.05) is 22.9 Å². The number of fused-ring (bicyclic) bond motifs is 1. The van der Waals surface area contributed by atoms with Crippen LogP contribution in [0.5, 0.6) is 11.5 Å². The third-order valence-electron chi connectivity index (χ3n) is 4.75. The molecule has 0 saturated heterocycles. The Balaban J connectivity index is 2.03. The Morgan fingerprint density at radius 2 is 2.06 bits per heavy atom. The zero-order valence-electron chi connectivity index (χ0n) is 18.6. The average molecular weight is 628 g/mol. The van der Waals surface area contributed by atoms with Crippen molar-refractivity contribution < 1.29 is 19.0 Å². The van der Waals surface area contributed by atoms with Crippen molar-refractivity contribution in [1.82, 2.24) is 9.66 Å². The summed E-state index contributed by atoms with van der Waals surface area (Å²) in [5.74, 6) is 0.953. The molecule has 10 heteroatoms. The lowest BCUT2D eigenvalue weighted by Gasteiger charge is -2.17. The highest BCUT2D eigenvalue weighted by atomic mass is 127. The van der Waals surface area contributed by atoms with Crippen molar-refractivity contribution in [3.05, 3.63) is 60.1 Å². The number of carbonyl (C=O) groups is 1. The van der Waals surface area contributed by atoms with Crippen molar-refractivity contribution in [2.24, 2.45) is 5.10 Å². The summed E-state index contributed by atoms with van der Waals surface area (Å²) in [5, 5.41) is 4.93. The highest BCUT2D eigenvalue weighted by molar-refractivity contribution is 14.1. The SMILES string of the molecule is CCCc1nc2ccc(Br)cc2c(=O)n1N=Cc1cc(I)c(O[C@@H](C)C(=O)OC)c(OC)c1. The summed E-state index contributed by atoms with van der Waals surface area (Å²) < 4.78 is 18.8. The van der Waals surface area contributed by atoms with Gasteiger partial charge in [-0.15, -0.1) is 0 Å². The first-order chi connectivity index (χ1) is 15.8. The minimum absolute atomic E-state index is 0.241. The third-order valence-corrected chi connectivity index (χ3v) is 6.05. The number of aryl methyl sites for hydroxylation is 1. The second-order valence-electron chi connectivity index (χ2n) is 7.12. The predicted octanol–water partition coefficient (Wildman–Crippen LogP) is 4.55. The van der Waals surface area contributed by atoms with E-state index in [9.17, 15) is 9.59 Å². The van der Waals surface area contributed by atoms with Gasteiger partial charge in [0.05, 0.1) is 34.9 Å². The van der Waals surface area contributed by atoms with E-state index in [0.717, 1.165) is 10.9 Å². The molecule has 0 unspecified atom stereocenters. The van der Waals surface area contributed by atoms with Gasteiger partial charge in [0.1, 0.15) is 5.82 Å². The molecule has 0 aliphatic rings. The number of nitrogens with zero attached hydrogens (tertiary/aromatic N) is 3. The van der Waals surface area contributed by atoms with E-state index in [4.69, 9.17) is 14.2 Å². The number of carbonyl (C=O) groups excluding carboxylic acids is 1. The molecule has 0 aliphatic heterocycles. The first kappa shape index (κ1) is 25.2. The Hall–Kier alpha value is -2.47. The van der Waals surface area contributed by atoms with Crippen LogP contribution >= 0.6 is 38.5 Å². The second kappa shape index (κ2) is 11.1. The molecule has 1 aromatic heterocycles. The molecule has 0 N–H and O–H groups in total. The highest BCUT2D eigenvalue weighted by Gasteiger charge is 2.20. The fourth-order valence-corrected chi connectivity index (χ4v) is 4.26. The third kappa shape index (κ3) is 5.72. The second-order valence-corrected chi connectivity index (χ2v) is 9.20. The van der Waals surface area contributed by atoms with Crippen molar-refractivity contribution >= 4 is 61.6 Å². The normalized spacial score (nSPS) is 12.2. The fraction of sp³-hybridized carbons (Fsp3) is 0.304. The van der Waals surface area contributed by atoms with Crippen molar-refractivity contribution in [2.45, 2.75) is 32.8 Å². The van der Waals surface area contributed by atoms with Crippen LogP contribution in [-0.2, 0) is 16.0 Å². The zero-order valence-corrected chi connectivity index (χ0v) is 22.3. The van der Waals surface area contributed by atoms with Crippen LogP contribution < -0.4 is 15.0 Å². The molecule has 0 spiro atoms. The molecular weight excluding hydrogens is 605 g/mol. The van der Waals surface area contributed by atoms with Crippen molar-refractivity contribution in [2.75, 3.05) is 14.2 Å². The highest BCUT2D eigenvalue weighted by Crippen LogP contribution is 2.34. The van der Waals surface area contributed by atoms with Crippen molar-refractivity contribution in [1.29, 1.82) is 0 Å². The van der Waals surface area contributed by atoms with E-state index in [0.29, 0.717) is 43.8 Å². The smallest absolute Gasteiger partial charge is 0.346 e. The molecule has 0 aliphatic carbocycles. The summed E-state index contributed by atoms with van der Waals surface area (Å²) in [5.41, 5.74) is 1.09. The van der Waals surface area contributed by atoms with Crippen molar-refractivity contribution in [3.8, 4) is 11.5 Å². The summed E-state index contributed by atoms with van der Waals surface area (Å²) in [4.78, 5) is 29.5. The largest absolute Gasteiger partial charge is 0.493 e. The summed E-state index contributed by atoms with van der Waals surface area (Å²) in [7, 11) is 2.82. The van der Waals surface area contributed by atoms with E-state index >= 15 is 0 Å². The van der Waals surface area contributed by atoms with Crippen LogP contribution in [0.3, 0.4) is 0 Å². The van der Waals surface area contributed by atoms with E-state index in [1.54, 1.807) is 25.3 Å². The molecule has 3 aromatic rings. The van der Waals surface area contributed by atoms with Gasteiger partial charge in [0, 0.05) is 10.9 Å². The standard InChI is InChI=1S/C23H23BrIN3O5/c1-5-6-20-27-18-8-7-15(24)11-16(18)22(29)28(20)26-12-14-9-17(25)21(19(10-14)31-3)33-13(2)23(30)32-4/h7-13H,5-6H2,1-4H3/t13-/m0/s1. The van der Waals surface area contributed by atoms with Crippen LogP contribution in [-0.4, -0.2) is 42.2 Å². The van der Waals surface area contributed by atoms with Gasteiger partial charge in [-0.3, -0.25) is 4.79 Å². The van der Waals surface area contributed by atoms with Gasteiger partial charge < -0.3 is 14.2 Å². The van der Waals surface area contributed by atoms with Gasteiger partial charge in [0.15, 0.2) is 17.6 Å². The topological polar surface area (TPSA) is 92.0 Å². The molecule has 0 saturated carbocycles. The van der Waals surface area contributed by atoms with Gasteiger partial charge in [-0.2, -0.15) is 9.78 Å². The maximum Gasteiger partial charge on any atom is 0.346 e.